The van der Waals surface area contributed by atoms with E-state index in [0.717, 1.165) is 0 Å². The third-order valence-electron chi connectivity index (χ3n) is 3.13. The van der Waals surface area contributed by atoms with Crippen molar-refractivity contribution in [3.8, 4) is 0 Å². The molecule has 0 radical (unpaired) electrons. The number of rotatable bonds is 6. The lowest BCUT2D eigenvalue weighted by atomic mass is 10.1. The predicted molar refractivity (Wildman–Crippen MR) is 78.8 cm³/mol. The molecule has 0 spiro atoms. The second kappa shape index (κ2) is 7.40. The Morgan fingerprint density at radius 2 is 2.00 bits per heavy atom. The summed E-state index contributed by atoms with van der Waals surface area (Å²) in [6.07, 6.45) is 1.80. The van der Waals surface area contributed by atoms with Crippen LogP contribution >= 0.6 is 0 Å². The number of hydrogen-bond donors (Lipinski definition) is 1. The molecule has 1 heterocycles. The van der Waals surface area contributed by atoms with Gasteiger partial charge in [-0.25, -0.2) is 4.39 Å². The molecule has 2 rings (SSSR count). The molecule has 116 valence electrons. The lowest BCUT2D eigenvalue weighted by Crippen LogP contribution is -2.38. The Balaban J connectivity index is 1.76. The highest BCUT2D eigenvalue weighted by molar-refractivity contribution is 5.94. The molecule has 0 aliphatic rings. The molecule has 1 N–H and O–H groups in total. The molecule has 5 nitrogen and oxygen atoms in total. The first-order valence-electron chi connectivity index (χ1n) is 6.87. The van der Waals surface area contributed by atoms with Crippen LogP contribution in [0, 0.1) is 5.82 Å². The third kappa shape index (κ3) is 4.18. The first-order valence-corrected chi connectivity index (χ1v) is 6.87. The molecule has 2 aromatic rings. The van der Waals surface area contributed by atoms with Crippen molar-refractivity contribution in [2.24, 2.45) is 0 Å². The quantitative estimate of drug-likeness (QED) is 0.886. The zero-order valence-electron chi connectivity index (χ0n) is 12.2. The second-order valence-electron chi connectivity index (χ2n) is 4.83. The van der Waals surface area contributed by atoms with Crippen molar-refractivity contribution in [2.45, 2.75) is 6.42 Å². The maximum atomic E-state index is 13.4. The van der Waals surface area contributed by atoms with Crippen LogP contribution in [0.2, 0.25) is 0 Å². The average molecular weight is 304 g/mol. The van der Waals surface area contributed by atoms with Crippen molar-refractivity contribution in [2.75, 3.05) is 20.1 Å². The monoisotopic (exact) mass is 304 g/mol. The summed E-state index contributed by atoms with van der Waals surface area (Å²) in [7, 11) is 1.52. The standard InChI is InChI=1S/C16H17FN2O3/c1-19(16(21)14-7-4-10-22-14)11-15(20)18-9-8-12-5-2-3-6-13(12)17/h2-7,10H,8-9,11H2,1H3,(H,18,20). The molecule has 1 aromatic heterocycles. The Kier molecular flexibility index (Phi) is 5.30. The number of hydrogen-bond acceptors (Lipinski definition) is 3. The lowest BCUT2D eigenvalue weighted by molar-refractivity contribution is -0.121. The summed E-state index contributed by atoms with van der Waals surface area (Å²) in [6.45, 7) is 0.222. The van der Waals surface area contributed by atoms with Crippen LogP contribution in [0.25, 0.3) is 0 Å². The Hall–Kier alpha value is -2.63. The van der Waals surface area contributed by atoms with Gasteiger partial charge in [-0.05, 0) is 30.2 Å². The fourth-order valence-electron chi connectivity index (χ4n) is 1.97. The largest absolute Gasteiger partial charge is 0.459 e. The highest BCUT2D eigenvalue weighted by Crippen LogP contribution is 2.06. The number of nitrogens with one attached hydrogen (secondary N) is 1. The van der Waals surface area contributed by atoms with Gasteiger partial charge in [0.1, 0.15) is 5.82 Å². The molecule has 0 saturated carbocycles. The van der Waals surface area contributed by atoms with Crippen molar-refractivity contribution in [3.05, 3.63) is 59.8 Å². The van der Waals surface area contributed by atoms with E-state index in [1.807, 2.05) is 0 Å². The van der Waals surface area contributed by atoms with Gasteiger partial charge in [-0.1, -0.05) is 18.2 Å². The van der Waals surface area contributed by atoms with E-state index in [1.54, 1.807) is 24.3 Å². The molecule has 0 fully saturated rings. The molecule has 0 aliphatic heterocycles. The topological polar surface area (TPSA) is 62.6 Å². The van der Waals surface area contributed by atoms with Crippen molar-refractivity contribution < 1.29 is 18.4 Å². The molecule has 0 unspecified atom stereocenters. The van der Waals surface area contributed by atoms with Crippen LogP contribution in [-0.4, -0.2) is 36.9 Å². The average Bonchev–Trinajstić information content (AvgIpc) is 3.02. The molecular formula is C16H17FN2O3. The number of halogens is 1. The normalized spacial score (nSPS) is 10.3. The number of nitrogens with zero attached hydrogens (tertiary/aromatic N) is 1. The van der Waals surface area contributed by atoms with Crippen LogP contribution in [0.3, 0.4) is 0 Å². The number of benzene rings is 1. The zero-order valence-corrected chi connectivity index (χ0v) is 12.2. The number of carbonyl (C=O) groups is 2. The summed E-state index contributed by atoms with van der Waals surface area (Å²) in [6, 6.07) is 9.56. The number of amides is 2. The van der Waals surface area contributed by atoms with Gasteiger partial charge in [-0.2, -0.15) is 0 Å². The maximum Gasteiger partial charge on any atom is 0.289 e. The van der Waals surface area contributed by atoms with Gasteiger partial charge in [0, 0.05) is 13.6 Å². The Morgan fingerprint density at radius 1 is 1.23 bits per heavy atom. The summed E-state index contributed by atoms with van der Waals surface area (Å²) in [5, 5.41) is 2.66. The number of furan rings is 1. The molecule has 0 aliphatic carbocycles. The summed E-state index contributed by atoms with van der Waals surface area (Å²) in [4.78, 5) is 24.9. The van der Waals surface area contributed by atoms with Crippen LogP contribution in [0.5, 0.6) is 0 Å². The van der Waals surface area contributed by atoms with Gasteiger partial charge in [-0.15, -0.1) is 0 Å². The van der Waals surface area contributed by atoms with Crippen molar-refractivity contribution >= 4 is 11.8 Å². The molecule has 2 amide bonds. The highest BCUT2D eigenvalue weighted by atomic mass is 19.1. The molecular weight excluding hydrogens is 287 g/mol. The summed E-state index contributed by atoms with van der Waals surface area (Å²) in [5.41, 5.74) is 0.544. The van der Waals surface area contributed by atoms with Crippen LogP contribution in [-0.2, 0) is 11.2 Å². The Morgan fingerprint density at radius 3 is 2.68 bits per heavy atom. The lowest BCUT2D eigenvalue weighted by Gasteiger charge is -2.15. The molecule has 1 aromatic carbocycles. The summed E-state index contributed by atoms with van der Waals surface area (Å²) < 4.78 is 18.4. The van der Waals surface area contributed by atoms with Crippen molar-refractivity contribution in [1.29, 1.82) is 0 Å². The van der Waals surface area contributed by atoms with Crippen molar-refractivity contribution in [1.82, 2.24) is 10.2 Å². The minimum atomic E-state index is -0.366. The van der Waals surface area contributed by atoms with E-state index in [0.29, 0.717) is 18.5 Å². The minimum Gasteiger partial charge on any atom is -0.459 e. The van der Waals surface area contributed by atoms with E-state index < -0.39 is 0 Å². The maximum absolute atomic E-state index is 13.4. The highest BCUT2D eigenvalue weighted by Gasteiger charge is 2.16. The zero-order chi connectivity index (χ0) is 15.9. The number of likely N-dealkylation sites (N-methyl/N-ethyl adjacent to an activating group) is 1. The van der Waals surface area contributed by atoms with Gasteiger partial charge in [0.25, 0.3) is 5.91 Å². The van der Waals surface area contributed by atoms with Crippen LogP contribution in [0.1, 0.15) is 16.1 Å². The smallest absolute Gasteiger partial charge is 0.289 e. The Labute approximate surface area is 127 Å². The predicted octanol–water partition coefficient (Wildman–Crippen LogP) is 1.85. The molecule has 0 saturated heterocycles. The first kappa shape index (κ1) is 15.8. The van der Waals surface area contributed by atoms with Crippen LogP contribution in [0.15, 0.2) is 47.1 Å². The minimum absolute atomic E-state index is 0.0865. The molecule has 0 atom stereocenters. The molecule has 22 heavy (non-hydrogen) atoms. The van der Waals surface area contributed by atoms with Crippen LogP contribution in [0.4, 0.5) is 4.39 Å². The van der Waals surface area contributed by atoms with Crippen molar-refractivity contribution in [3.63, 3.8) is 0 Å². The van der Waals surface area contributed by atoms with E-state index in [-0.39, 0.29) is 29.9 Å². The first-order chi connectivity index (χ1) is 10.6. The second-order valence-corrected chi connectivity index (χ2v) is 4.83. The van der Waals surface area contributed by atoms with Gasteiger partial charge in [0.2, 0.25) is 5.91 Å². The summed E-state index contributed by atoms with van der Waals surface area (Å²) in [5.74, 6) is -0.781. The van der Waals surface area contributed by atoms with E-state index in [9.17, 15) is 14.0 Å². The fourth-order valence-corrected chi connectivity index (χ4v) is 1.97. The fraction of sp³-hybridized carbons (Fsp3) is 0.250. The van der Waals surface area contributed by atoms with Gasteiger partial charge in [-0.3, -0.25) is 9.59 Å². The van der Waals surface area contributed by atoms with Gasteiger partial charge in [0.05, 0.1) is 12.8 Å². The molecule has 0 bridgehead atoms. The van der Waals surface area contributed by atoms with E-state index in [4.69, 9.17) is 4.42 Å². The van der Waals surface area contributed by atoms with E-state index in [2.05, 4.69) is 5.32 Å². The van der Waals surface area contributed by atoms with Gasteiger partial charge in [0.15, 0.2) is 5.76 Å². The van der Waals surface area contributed by atoms with E-state index in [1.165, 1.54) is 30.3 Å². The van der Waals surface area contributed by atoms with Gasteiger partial charge < -0.3 is 14.6 Å². The van der Waals surface area contributed by atoms with E-state index >= 15 is 0 Å². The number of carbonyl (C=O) groups excluding carboxylic acids is 2. The van der Waals surface area contributed by atoms with Gasteiger partial charge >= 0.3 is 0 Å². The van der Waals surface area contributed by atoms with Crippen LogP contribution < -0.4 is 5.32 Å². The summed E-state index contributed by atoms with van der Waals surface area (Å²) >= 11 is 0. The molecule has 6 heteroatoms. The Bertz CT molecular complexity index is 641. The third-order valence-corrected chi connectivity index (χ3v) is 3.13. The SMILES string of the molecule is CN(CC(=O)NCCc1ccccc1F)C(=O)c1ccco1.